The number of hydrogen-bond acceptors (Lipinski definition) is 11. The maximum atomic E-state index is 14.9. The Morgan fingerprint density at radius 3 is 2.54 bits per heavy atom. The number of nitrogens with one attached hydrogen (secondary N) is 1. The highest BCUT2D eigenvalue weighted by molar-refractivity contribution is 7.91. The van der Waals surface area contributed by atoms with Crippen LogP contribution in [0.2, 0.25) is 0 Å². The molecule has 1 N–H and O–H groups in total. The molecular formula is C42H55N3O10S. The van der Waals surface area contributed by atoms with Gasteiger partial charge in [-0.15, -0.1) is 0 Å². The van der Waals surface area contributed by atoms with Crippen molar-refractivity contribution in [3.63, 3.8) is 0 Å². The van der Waals surface area contributed by atoms with Crippen LogP contribution >= 0.6 is 0 Å². The molecule has 1 aromatic carbocycles. The number of ether oxygens (including phenoxy) is 4. The van der Waals surface area contributed by atoms with Crippen molar-refractivity contribution in [2.24, 2.45) is 29.1 Å². The van der Waals surface area contributed by atoms with E-state index in [0.29, 0.717) is 61.7 Å². The van der Waals surface area contributed by atoms with E-state index >= 15 is 0 Å². The average Bonchev–Trinajstić information content (AvgIpc) is 4.01. The topological polar surface area (TPSA) is 168 Å². The van der Waals surface area contributed by atoms with Crippen molar-refractivity contribution in [3.8, 4) is 17.4 Å². The number of ketones is 1. The molecule has 3 aliphatic heterocycles. The molecule has 0 bridgehead atoms. The van der Waals surface area contributed by atoms with Crippen molar-refractivity contribution < 1.29 is 46.5 Å². The van der Waals surface area contributed by atoms with Gasteiger partial charge in [-0.05, 0) is 102 Å². The summed E-state index contributed by atoms with van der Waals surface area (Å²) in [4.78, 5) is 63.0. The molecule has 4 heterocycles. The van der Waals surface area contributed by atoms with E-state index < -0.39 is 55.7 Å². The molecule has 7 rings (SSSR count). The molecule has 2 aliphatic carbocycles. The molecule has 56 heavy (non-hydrogen) atoms. The second-order valence-corrected chi connectivity index (χ2v) is 20.2. The number of carbonyl (C=O) groups is 4. The molecule has 1 unspecified atom stereocenters. The van der Waals surface area contributed by atoms with Crippen LogP contribution in [0.5, 0.6) is 17.4 Å². The first kappa shape index (κ1) is 40.0. The second kappa shape index (κ2) is 14.9. The van der Waals surface area contributed by atoms with Gasteiger partial charge in [0.15, 0.2) is 17.3 Å². The Hall–Kier alpha value is -4.20. The van der Waals surface area contributed by atoms with Crippen LogP contribution in [0.4, 0.5) is 0 Å². The van der Waals surface area contributed by atoms with Crippen molar-refractivity contribution in [1.29, 1.82) is 0 Å². The summed E-state index contributed by atoms with van der Waals surface area (Å²) in [5.41, 5.74) is -2.03. The van der Waals surface area contributed by atoms with Crippen LogP contribution in [0.25, 0.3) is 10.8 Å². The van der Waals surface area contributed by atoms with E-state index in [1.165, 1.54) is 4.90 Å². The number of rotatable bonds is 7. The van der Waals surface area contributed by atoms with Gasteiger partial charge < -0.3 is 23.8 Å². The number of Topliss-reactive ketones (excluding diaryl/α,β-unsaturated/α-hetero) is 1. The smallest absolute Gasteiger partial charge is 0.307 e. The first-order chi connectivity index (χ1) is 26.4. The minimum absolute atomic E-state index is 0.0419. The summed E-state index contributed by atoms with van der Waals surface area (Å²) in [5.74, 6) is -1.50. The lowest BCUT2D eigenvalue weighted by molar-refractivity contribution is -0.160. The predicted octanol–water partition coefficient (Wildman–Crippen LogP) is 5.68. The summed E-state index contributed by atoms with van der Waals surface area (Å²) >= 11 is 0. The van der Waals surface area contributed by atoms with E-state index in [1.807, 2.05) is 31.2 Å². The van der Waals surface area contributed by atoms with Crippen LogP contribution in [0.15, 0.2) is 36.5 Å². The number of hydrogen-bond donors (Lipinski definition) is 1. The highest BCUT2D eigenvalue weighted by Gasteiger charge is 2.62. The number of aromatic nitrogens is 1. The highest BCUT2D eigenvalue weighted by atomic mass is 32.2. The van der Waals surface area contributed by atoms with Crippen molar-refractivity contribution >= 4 is 44.4 Å². The Bertz CT molecular complexity index is 2040. The average molecular weight is 794 g/mol. The van der Waals surface area contributed by atoms with Gasteiger partial charge in [0.25, 0.3) is 0 Å². The van der Waals surface area contributed by atoms with Gasteiger partial charge in [0.05, 0.1) is 35.1 Å². The van der Waals surface area contributed by atoms with Crippen LogP contribution in [0.3, 0.4) is 0 Å². The molecule has 3 fully saturated rings. The van der Waals surface area contributed by atoms with Gasteiger partial charge in [-0.3, -0.25) is 23.9 Å². The highest BCUT2D eigenvalue weighted by Crippen LogP contribution is 2.58. The SMILES string of the molecule is C[C@@H]1CC/C=C\[C@@H]2C[C@@]2(C(=O)NS(=O)(=O)C2(C)CC2)CC(=O)[C@@H]2CC(Oc3nccc4c5c(ccc34)OCCO5)CN2C(=O)[C@@H](CC(=O)OC(C)(C)C)[C@H](C)C1. The molecule has 304 valence electrons. The van der Waals surface area contributed by atoms with E-state index in [-0.39, 0.29) is 55.3 Å². The monoisotopic (exact) mass is 793 g/mol. The Morgan fingerprint density at radius 1 is 1.05 bits per heavy atom. The minimum atomic E-state index is -3.96. The molecule has 0 radical (unpaired) electrons. The van der Waals surface area contributed by atoms with Crippen LogP contribution in [0, 0.1) is 29.1 Å². The predicted molar refractivity (Wildman–Crippen MR) is 207 cm³/mol. The Morgan fingerprint density at radius 2 is 1.80 bits per heavy atom. The Balaban J connectivity index is 1.22. The van der Waals surface area contributed by atoms with Gasteiger partial charge >= 0.3 is 5.97 Å². The molecule has 5 aliphatic rings. The summed E-state index contributed by atoms with van der Waals surface area (Å²) in [7, 11) is -3.96. The number of fused-ring (bicyclic) bond motifs is 5. The number of esters is 1. The standard InChI is InChI=1S/C42H55N3O10S/c1-25-9-7-8-10-27-22-42(27,39(49)44-56(50,51)41(6)14-15-41)23-33(46)32-20-28(24-45(32)38(48)31(26(2)19-25)21-35(47)55-40(3,4)5)54-37-30-11-12-34-36(53-18-17-52-34)29(30)13-16-43-37/h8,10-13,16,25-28,31-32H,7,9,14-15,17-24H2,1-6H3,(H,44,49)/b10-8-/t25-,26-,27-,28?,31+,32+,42-/m1/s1. The van der Waals surface area contributed by atoms with Gasteiger partial charge in [0, 0.05) is 29.8 Å². The van der Waals surface area contributed by atoms with Crippen molar-refractivity contribution in [2.75, 3.05) is 19.8 Å². The molecular weight excluding hydrogens is 739 g/mol. The number of amides is 2. The number of allylic oxidation sites excluding steroid dienone is 2. The fraction of sp³-hybridized carbons (Fsp3) is 0.643. The van der Waals surface area contributed by atoms with E-state index in [0.717, 1.165) is 18.2 Å². The van der Waals surface area contributed by atoms with Crippen LogP contribution in [0.1, 0.15) is 99.3 Å². The number of sulfonamides is 1. The third-order valence-electron chi connectivity index (χ3n) is 12.3. The van der Waals surface area contributed by atoms with E-state index in [1.54, 1.807) is 40.0 Å². The lowest BCUT2D eigenvalue weighted by atomic mass is 9.82. The summed E-state index contributed by atoms with van der Waals surface area (Å²) in [6.07, 6.45) is 8.06. The fourth-order valence-electron chi connectivity index (χ4n) is 8.64. The molecule has 1 aromatic heterocycles. The molecule has 14 heteroatoms. The van der Waals surface area contributed by atoms with Crippen molar-refractivity contribution in [3.05, 3.63) is 36.5 Å². The molecule has 0 spiro atoms. The summed E-state index contributed by atoms with van der Waals surface area (Å²) < 4.78 is 51.8. The van der Waals surface area contributed by atoms with Gasteiger partial charge in [-0.2, -0.15) is 0 Å². The molecule has 7 atom stereocenters. The lowest BCUT2D eigenvalue weighted by Crippen LogP contribution is -2.48. The first-order valence-electron chi connectivity index (χ1n) is 20.0. The molecule has 2 amide bonds. The summed E-state index contributed by atoms with van der Waals surface area (Å²) in [6.45, 7) is 11.9. The van der Waals surface area contributed by atoms with Gasteiger partial charge in [-0.25, -0.2) is 13.4 Å². The van der Waals surface area contributed by atoms with Crippen molar-refractivity contribution in [2.45, 2.75) is 122 Å². The van der Waals surface area contributed by atoms with Crippen LogP contribution in [-0.4, -0.2) is 84.1 Å². The van der Waals surface area contributed by atoms with E-state index in [2.05, 4.69) is 16.6 Å². The maximum Gasteiger partial charge on any atom is 0.307 e. The zero-order valence-electron chi connectivity index (χ0n) is 33.3. The minimum Gasteiger partial charge on any atom is -0.486 e. The zero-order valence-corrected chi connectivity index (χ0v) is 34.1. The second-order valence-electron chi connectivity index (χ2n) is 18.0. The lowest BCUT2D eigenvalue weighted by Gasteiger charge is -2.32. The molecule has 1 saturated heterocycles. The number of benzene rings is 1. The van der Waals surface area contributed by atoms with E-state index in [4.69, 9.17) is 18.9 Å². The zero-order chi connectivity index (χ0) is 40.2. The van der Waals surface area contributed by atoms with Gasteiger partial charge in [-0.1, -0.05) is 26.0 Å². The Kier molecular flexibility index (Phi) is 10.7. The molecule has 13 nitrogen and oxygen atoms in total. The molecule has 2 aromatic rings. The quantitative estimate of drug-likeness (QED) is 0.271. The number of pyridine rings is 1. The van der Waals surface area contributed by atoms with Crippen LogP contribution in [-0.2, 0) is 33.9 Å². The number of carbonyl (C=O) groups excluding carboxylic acids is 4. The van der Waals surface area contributed by atoms with Gasteiger partial charge in [0.2, 0.25) is 27.7 Å². The largest absolute Gasteiger partial charge is 0.486 e. The van der Waals surface area contributed by atoms with E-state index in [9.17, 15) is 27.6 Å². The normalized spacial score (nSPS) is 30.9. The first-order valence-corrected chi connectivity index (χ1v) is 21.5. The Labute approximate surface area is 329 Å². The third kappa shape index (κ3) is 8.13. The number of nitrogens with zero attached hydrogens (tertiary/aromatic N) is 2. The van der Waals surface area contributed by atoms with Crippen molar-refractivity contribution in [1.82, 2.24) is 14.6 Å². The summed E-state index contributed by atoms with van der Waals surface area (Å²) in [5, 5.41) is 1.43. The summed E-state index contributed by atoms with van der Waals surface area (Å²) in [6, 6.07) is 4.47. The third-order valence-corrected chi connectivity index (χ3v) is 14.5. The fourth-order valence-corrected chi connectivity index (χ4v) is 9.97. The van der Waals surface area contributed by atoms with Crippen LogP contribution < -0.4 is 18.9 Å². The van der Waals surface area contributed by atoms with Gasteiger partial charge in [0.1, 0.15) is 24.9 Å². The molecule has 2 saturated carbocycles. The maximum absolute atomic E-state index is 14.9.